The number of nitrogens with zero attached hydrogens (tertiary/aromatic N) is 2. The molecule has 3 aromatic rings. The molecule has 0 aliphatic carbocycles. The molecule has 1 aromatic heterocycles. The van der Waals surface area contributed by atoms with Gasteiger partial charge in [0, 0.05) is 18.0 Å². The second kappa shape index (κ2) is 6.10. The first-order valence-corrected chi connectivity index (χ1v) is 7.33. The first kappa shape index (κ1) is 15.1. The lowest BCUT2D eigenvalue weighted by atomic mass is 10.1. The van der Waals surface area contributed by atoms with Gasteiger partial charge in [0.2, 0.25) is 0 Å². The molecule has 1 heterocycles. The van der Waals surface area contributed by atoms with E-state index in [9.17, 15) is 10.2 Å². The Labute approximate surface area is 133 Å². The van der Waals surface area contributed by atoms with E-state index in [-0.39, 0.29) is 17.5 Å². The van der Waals surface area contributed by atoms with Gasteiger partial charge in [0.05, 0.1) is 11.1 Å². The van der Waals surface area contributed by atoms with Crippen LogP contribution >= 0.6 is 0 Å². The maximum Gasteiger partial charge on any atom is 0.166 e. The molecule has 0 aliphatic rings. The Kier molecular flexibility index (Phi) is 3.99. The van der Waals surface area contributed by atoms with Gasteiger partial charge in [0.15, 0.2) is 5.82 Å². The smallest absolute Gasteiger partial charge is 0.166 e. The summed E-state index contributed by atoms with van der Waals surface area (Å²) in [4.78, 5) is 8.98. The van der Waals surface area contributed by atoms with E-state index in [2.05, 4.69) is 15.3 Å². The molecule has 3 rings (SSSR count). The lowest BCUT2D eigenvalue weighted by molar-refractivity contribution is 0.461. The third-order valence-electron chi connectivity index (χ3n) is 3.42. The summed E-state index contributed by atoms with van der Waals surface area (Å²) in [6.45, 7) is 2.46. The van der Waals surface area contributed by atoms with Crippen molar-refractivity contribution in [3.8, 4) is 22.9 Å². The van der Waals surface area contributed by atoms with Crippen LogP contribution in [-0.2, 0) is 0 Å². The van der Waals surface area contributed by atoms with Gasteiger partial charge in [-0.2, -0.15) is 0 Å². The number of hydrogen-bond acceptors (Lipinski definition) is 6. The summed E-state index contributed by atoms with van der Waals surface area (Å²) >= 11 is 0. The van der Waals surface area contributed by atoms with Crippen LogP contribution in [0.4, 0.5) is 5.82 Å². The molecule has 1 atom stereocenters. The fourth-order valence-corrected chi connectivity index (χ4v) is 2.29. The topological polar surface area (TPSA) is 104 Å². The highest BCUT2D eigenvalue weighted by Gasteiger charge is 2.13. The number of benzene rings is 2. The molecule has 1 unspecified atom stereocenters. The second-order valence-corrected chi connectivity index (χ2v) is 5.47. The number of para-hydroxylation sites is 1. The van der Waals surface area contributed by atoms with Crippen molar-refractivity contribution in [1.29, 1.82) is 0 Å². The van der Waals surface area contributed by atoms with Crippen LogP contribution in [0, 0.1) is 0 Å². The summed E-state index contributed by atoms with van der Waals surface area (Å²) in [5.74, 6) is 1.03. The maximum atomic E-state index is 10.0. The van der Waals surface area contributed by atoms with Gasteiger partial charge in [-0.25, -0.2) is 9.97 Å². The zero-order chi connectivity index (χ0) is 16.4. The first-order chi connectivity index (χ1) is 11.0. The Hall–Kier alpha value is -2.86. The predicted molar refractivity (Wildman–Crippen MR) is 90.4 cm³/mol. The largest absolute Gasteiger partial charge is 0.508 e. The number of nitrogens with two attached hydrogens (primary N) is 1. The van der Waals surface area contributed by atoms with E-state index in [1.165, 1.54) is 18.2 Å². The van der Waals surface area contributed by atoms with Crippen molar-refractivity contribution >= 4 is 16.7 Å². The number of aromatic hydroxyl groups is 2. The zero-order valence-electron chi connectivity index (χ0n) is 12.7. The van der Waals surface area contributed by atoms with E-state index in [1.54, 1.807) is 0 Å². The number of phenolic OH excluding ortho intramolecular Hbond substituents is 2. The quantitative estimate of drug-likeness (QED) is 0.552. The SMILES string of the molecule is CC(N)CNc1nc(-c2cc(O)ccc2O)nc2ccccc12. The van der Waals surface area contributed by atoms with E-state index in [1.807, 2.05) is 31.2 Å². The molecule has 118 valence electrons. The summed E-state index contributed by atoms with van der Waals surface area (Å²) in [6, 6.07) is 11.8. The van der Waals surface area contributed by atoms with Crippen LogP contribution in [0.15, 0.2) is 42.5 Å². The molecular formula is C17H18N4O2. The summed E-state index contributed by atoms with van der Waals surface area (Å²) in [5.41, 5.74) is 6.92. The lowest BCUT2D eigenvalue weighted by Gasteiger charge is -2.13. The molecule has 23 heavy (non-hydrogen) atoms. The Bertz CT molecular complexity index is 849. The highest BCUT2D eigenvalue weighted by atomic mass is 16.3. The first-order valence-electron chi connectivity index (χ1n) is 7.33. The van der Waals surface area contributed by atoms with Gasteiger partial charge in [0.25, 0.3) is 0 Å². The molecule has 0 saturated heterocycles. The van der Waals surface area contributed by atoms with Crippen molar-refractivity contribution in [1.82, 2.24) is 9.97 Å². The van der Waals surface area contributed by atoms with Crippen LogP contribution in [0.25, 0.3) is 22.3 Å². The number of hydrogen-bond donors (Lipinski definition) is 4. The van der Waals surface area contributed by atoms with Crippen molar-refractivity contribution in [2.75, 3.05) is 11.9 Å². The van der Waals surface area contributed by atoms with Crippen molar-refractivity contribution in [2.24, 2.45) is 5.73 Å². The normalized spacial score (nSPS) is 12.3. The Morgan fingerprint density at radius 3 is 2.70 bits per heavy atom. The molecule has 2 aromatic carbocycles. The average Bonchev–Trinajstić information content (AvgIpc) is 2.54. The number of phenols is 2. The van der Waals surface area contributed by atoms with Crippen molar-refractivity contribution < 1.29 is 10.2 Å². The van der Waals surface area contributed by atoms with Crippen LogP contribution in [-0.4, -0.2) is 32.8 Å². The van der Waals surface area contributed by atoms with Crippen molar-refractivity contribution in [3.05, 3.63) is 42.5 Å². The van der Waals surface area contributed by atoms with Crippen LogP contribution in [0.1, 0.15) is 6.92 Å². The summed E-state index contributed by atoms with van der Waals surface area (Å²) in [6.07, 6.45) is 0. The number of nitrogens with one attached hydrogen (secondary N) is 1. The molecule has 0 fully saturated rings. The monoisotopic (exact) mass is 310 g/mol. The van der Waals surface area contributed by atoms with E-state index in [0.29, 0.717) is 23.8 Å². The molecule has 6 heteroatoms. The third kappa shape index (κ3) is 3.17. The lowest BCUT2D eigenvalue weighted by Crippen LogP contribution is -2.25. The van der Waals surface area contributed by atoms with E-state index < -0.39 is 0 Å². The highest BCUT2D eigenvalue weighted by Crippen LogP contribution is 2.32. The molecule has 0 aliphatic heterocycles. The number of rotatable bonds is 4. The fraction of sp³-hybridized carbons (Fsp3) is 0.176. The molecular weight excluding hydrogens is 292 g/mol. The number of anilines is 1. The van der Waals surface area contributed by atoms with Gasteiger partial charge >= 0.3 is 0 Å². The molecule has 0 bridgehead atoms. The Balaban J connectivity index is 2.16. The minimum absolute atomic E-state index is 0.0104. The minimum Gasteiger partial charge on any atom is -0.508 e. The molecule has 0 radical (unpaired) electrons. The Morgan fingerprint density at radius 1 is 1.13 bits per heavy atom. The minimum atomic E-state index is -0.0265. The predicted octanol–water partition coefficient (Wildman–Crippen LogP) is 2.47. The number of aromatic nitrogens is 2. The summed E-state index contributed by atoms with van der Waals surface area (Å²) < 4.78 is 0. The Morgan fingerprint density at radius 2 is 1.91 bits per heavy atom. The second-order valence-electron chi connectivity index (χ2n) is 5.47. The number of fused-ring (bicyclic) bond motifs is 1. The van der Waals surface area contributed by atoms with Gasteiger partial charge in [-0.15, -0.1) is 0 Å². The van der Waals surface area contributed by atoms with E-state index in [4.69, 9.17) is 5.73 Å². The molecule has 0 amide bonds. The van der Waals surface area contributed by atoms with E-state index >= 15 is 0 Å². The van der Waals surface area contributed by atoms with Crippen molar-refractivity contribution in [3.63, 3.8) is 0 Å². The van der Waals surface area contributed by atoms with Gasteiger partial charge in [-0.1, -0.05) is 12.1 Å². The van der Waals surface area contributed by atoms with E-state index in [0.717, 1.165) is 10.9 Å². The summed E-state index contributed by atoms with van der Waals surface area (Å²) in [7, 11) is 0. The van der Waals surface area contributed by atoms with Gasteiger partial charge < -0.3 is 21.3 Å². The van der Waals surface area contributed by atoms with Crippen LogP contribution in [0.3, 0.4) is 0 Å². The highest BCUT2D eigenvalue weighted by molar-refractivity contribution is 5.91. The van der Waals surface area contributed by atoms with Gasteiger partial charge in [-0.05, 0) is 37.3 Å². The fourth-order valence-electron chi connectivity index (χ4n) is 2.29. The maximum absolute atomic E-state index is 10.0. The average molecular weight is 310 g/mol. The van der Waals surface area contributed by atoms with Crippen LogP contribution in [0.2, 0.25) is 0 Å². The van der Waals surface area contributed by atoms with Crippen molar-refractivity contribution in [2.45, 2.75) is 13.0 Å². The zero-order valence-corrected chi connectivity index (χ0v) is 12.7. The third-order valence-corrected chi connectivity index (χ3v) is 3.42. The molecule has 0 saturated carbocycles. The molecule has 6 nitrogen and oxygen atoms in total. The van der Waals surface area contributed by atoms with Crippen LogP contribution < -0.4 is 11.1 Å². The molecule has 5 N–H and O–H groups in total. The van der Waals surface area contributed by atoms with Gasteiger partial charge in [-0.3, -0.25) is 0 Å². The standard InChI is InChI=1S/C17H18N4O2/c1-10(18)9-19-16-12-4-2-3-5-14(12)20-17(21-16)13-8-11(22)6-7-15(13)23/h2-8,10,22-23H,9,18H2,1H3,(H,19,20,21). The summed E-state index contributed by atoms with van der Waals surface area (Å²) in [5, 5.41) is 23.8. The van der Waals surface area contributed by atoms with Gasteiger partial charge in [0.1, 0.15) is 17.3 Å². The molecule has 0 spiro atoms. The van der Waals surface area contributed by atoms with Crippen LogP contribution in [0.5, 0.6) is 11.5 Å².